The van der Waals surface area contributed by atoms with Gasteiger partial charge in [-0.3, -0.25) is 9.36 Å². The molecule has 6 aliphatic rings. The molecule has 6 fully saturated rings. The Morgan fingerprint density at radius 3 is 1.13 bits per heavy atom. The molecule has 0 spiro atoms. The van der Waals surface area contributed by atoms with Crippen LogP contribution in [0.15, 0.2) is 108 Å². The highest BCUT2D eigenvalue weighted by Crippen LogP contribution is 2.50. The van der Waals surface area contributed by atoms with Crippen LogP contribution >= 0.6 is 70.6 Å². The van der Waals surface area contributed by atoms with E-state index in [4.69, 9.17) is 33.1 Å². The number of alkyl halides is 2. The molecule has 24 nitrogen and oxygen atoms in total. The fourth-order valence-corrected chi connectivity index (χ4v) is 14.7. The number of rotatable bonds is 17. The molecule has 0 aliphatic carbocycles. The first-order valence-corrected chi connectivity index (χ1v) is 39.3. The van der Waals surface area contributed by atoms with Crippen LogP contribution in [0.5, 0.6) is 0 Å². The lowest BCUT2D eigenvalue weighted by Crippen LogP contribution is -2.46. The summed E-state index contributed by atoms with van der Waals surface area (Å²) in [7, 11) is 7.26. The normalized spacial score (nSPS) is 18.8. The van der Waals surface area contributed by atoms with E-state index in [1.807, 2.05) is 65.0 Å². The molecule has 6 atom stereocenters. The molecule has 6 bridgehead atoms. The SMILES string of the molecule is CCOC(=O)N1C2CCC1CC(=C(Br)c1ccc(C(=O)O)cc1)C2.CCOC(=O)N1C2CCC1CC(=Cc1ccc(C(=O)OC)cc1)C2.CCOC(=O)N1C2CCC1CC(=O)C2.CI.COC(=O)c1ccc(CBr)cc1.COC(=O)c1ccc(CP(=O)(OC)OC)cc1.COP(OC)OC. The predicted octanol–water partition coefficient (Wildman–Crippen LogP) is 16.3. The molecular formula is C71H94Br2IN3O21P2. The van der Waals surface area contributed by atoms with Gasteiger partial charge >= 0.3 is 58.4 Å². The van der Waals surface area contributed by atoms with E-state index < -0.39 is 28.1 Å². The van der Waals surface area contributed by atoms with Crippen molar-refractivity contribution in [3.05, 3.63) is 153 Å². The van der Waals surface area contributed by atoms with Crippen LogP contribution in [0.2, 0.25) is 0 Å². The van der Waals surface area contributed by atoms with E-state index in [0.717, 1.165) is 96.3 Å². The number of ketones is 1. The molecule has 0 radical (unpaired) electrons. The van der Waals surface area contributed by atoms with Gasteiger partial charge < -0.3 is 70.8 Å². The molecule has 0 aromatic heterocycles. The summed E-state index contributed by atoms with van der Waals surface area (Å²) in [4.78, 5) is 99.2. The first-order chi connectivity index (χ1) is 48.0. The van der Waals surface area contributed by atoms with Gasteiger partial charge in [0, 0.05) is 94.5 Å². The zero-order chi connectivity index (χ0) is 74.1. The quantitative estimate of drug-likeness (QED) is 0.0338. The number of benzene rings is 4. The van der Waals surface area contributed by atoms with Crippen LogP contribution in [0.25, 0.3) is 10.6 Å². The first-order valence-electron chi connectivity index (χ1n) is 32.4. The molecule has 550 valence electrons. The van der Waals surface area contributed by atoms with Crippen LogP contribution in [0.3, 0.4) is 0 Å². The number of halogens is 3. The van der Waals surface area contributed by atoms with Gasteiger partial charge in [-0.15, -0.1) is 0 Å². The van der Waals surface area contributed by atoms with E-state index in [9.17, 15) is 42.9 Å². The van der Waals surface area contributed by atoms with Gasteiger partial charge in [-0.1, -0.05) is 120 Å². The van der Waals surface area contributed by atoms with E-state index in [2.05, 4.69) is 83.6 Å². The number of piperidine rings is 3. The van der Waals surface area contributed by atoms with Crippen molar-refractivity contribution in [2.75, 3.05) is 81.6 Å². The summed E-state index contributed by atoms with van der Waals surface area (Å²) in [6.07, 6.45) is 12.2. The number of fused-ring (bicyclic) bond motifs is 6. The van der Waals surface area contributed by atoms with Crippen LogP contribution in [0.4, 0.5) is 14.4 Å². The fraction of sp³-hybridized carbons (Fsp3) is 0.493. The standard InChI is InChI=1S/C19H23NO4.C18H20BrNO4.C11H15O5P.C10H15NO3.C9H9BrO2.C3H9O3P.CH3I/c1-3-24-19(22)20-16-8-9-17(20)12-14(11-16)10-13-4-6-15(7-5-13)18(21)23-2;1-2-24-18(23)20-14-7-8-15(20)10-13(9-14)16(19)11-3-5-12(6-4-11)17(21)22;1-14-11(12)10-6-4-9(5-7-10)8-17(13,15-2)16-3;1-2-14-10(13)11-7-3-4-8(11)6-9(12)5-7;1-12-9(11)8-4-2-7(6-10)3-5-8;1-4-7(5-2)6-3;1-2/h4-7,10,16-17H,3,8-9,11-12H2,1-2H3;3-6,14-15H,2,7-10H2,1H3,(H,21,22);4-7H,8H2,1-3H3;7-8H,2-6H2,1H3;2-5H,6H2,1H3;1-3H3;1H3. The number of esters is 3. The molecule has 4 aromatic rings. The number of Topliss-reactive ketones (excluding diaryl/α,β-unsaturated/α-hetero) is 1. The number of hydrogen-bond donors (Lipinski definition) is 1. The minimum absolute atomic E-state index is 0.111. The van der Waals surface area contributed by atoms with Crippen molar-refractivity contribution in [2.45, 2.75) is 146 Å². The van der Waals surface area contributed by atoms with Crippen LogP contribution in [-0.2, 0) is 71.9 Å². The van der Waals surface area contributed by atoms with Crippen molar-refractivity contribution in [3.8, 4) is 0 Å². The maximum absolute atomic E-state index is 12.1. The zero-order valence-electron chi connectivity index (χ0n) is 58.8. The fourth-order valence-electron chi connectivity index (χ4n) is 12.2. The van der Waals surface area contributed by atoms with Crippen molar-refractivity contribution >= 4 is 129 Å². The van der Waals surface area contributed by atoms with Gasteiger partial charge in [0.1, 0.15) is 5.78 Å². The lowest BCUT2D eigenvalue weighted by atomic mass is 9.95. The monoisotopic (exact) mass is 1670 g/mol. The van der Waals surface area contributed by atoms with E-state index in [1.54, 1.807) is 93.8 Å². The van der Waals surface area contributed by atoms with Crippen molar-refractivity contribution in [3.63, 3.8) is 0 Å². The number of aromatic carboxylic acids is 1. The number of carbonyl (C=O) groups is 8. The smallest absolute Gasteiger partial charge is 0.410 e. The molecule has 10 rings (SSSR count). The number of nitrogens with zero attached hydrogens (tertiary/aromatic N) is 3. The van der Waals surface area contributed by atoms with Crippen LogP contribution < -0.4 is 0 Å². The third kappa shape index (κ3) is 26.0. The Kier molecular flexibility index (Phi) is 38.9. The Balaban J connectivity index is 0.000000263. The Labute approximate surface area is 618 Å². The summed E-state index contributed by atoms with van der Waals surface area (Å²) < 4.78 is 65.7. The van der Waals surface area contributed by atoms with Gasteiger partial charge in [-0.2, -0.15) is 0 Å². The van der Waals surface area contributed by atoms with Crippen LogP contribution in [0, 0.1) is 0 Å². The Morgan fingerprint density at radius 1 is 0.500 bits per heavy atom. The third-order valence-corrected chi connectivity index (χ3v) is 21.3. The Hall–Kier alpha value is -6.13. The van der Waals surface area contributed by atoms with Crippen LogP contribution in [0.1, 0.15) is 162 Å². The number of ether oxygens (including phenoxy) is 6. The molecular weight excluding hydrogens is 1580 g/mol. The average Bonchev–Trinajstić information content (AvgIpc) is 1.63. The largest absolute Gasteiger partial charge is 0.478 e. The summed E-state index contributed by atoms with van der Waals surface area (Å²) in [5.74, 6) is -1.66. The first kappa shape index (κ1) is 86.3. The summed E-state index contributed by atoms with van der Waals surface area (Å²) in [6.45, 7) is 6.69. The number of carboxylic acids is 1. The predicted molar refractivity (Wildman–Crippen MR) is 396 cm³/mol. The maximum Gasteiger partial charge on any atom is 0.410 e. The summed E-state index contributed by atoms with van der Waals surface area (Å²) in [5.41, 5.74) is 8.45. The lowest BCUT2D eigenvalue weighted by Gasteiger charge is -2.35. The number of carboxylic acid groups (broad SMARTS) is 1. The van der Waals surface area contributed by atoms with Gasteiger partial charge in [0.15, 0.2) is 0 Å². The molecule has 29 heteroatoms. The van der Waals surface area contributed by atoms with Crippen LogP contribution in [-0.4, -0.2) is 186 Å². The summed E-state index contributed by atoms with van der Waals surface area (Å²) in [6, 6.07) is 29.3. The van der Waals surface area contributed by atoms with Crippen molar-refractivity contribution in [1.29, 1.82) is 0 Å². The van der Waals surface area contributed by atoms with Gasteiger partial charge in [-0.25, -0.2) is 33.6 Å². The second kappa shape index (κ2) is 45.1. The van der Waals surface area contributed by atoms with Gasteiger partial charge in [-0.05, 0) is 161 Å². The molecule has 0 saturated carbocycles. The van der Waals surface area contributed by atoms with E-state index >= 15 is 0 Å². The van der Waals surface area contributed by atoms with E-state index in [1.165, 1.54) is 46.7 Å². The number of hydrogen-bond acceptors (Lipinski definition) is 20. The van der Waals surface area contributed by atoms with Crippen molar-refractivity contribution in [2.24, 2.45) is 0 Å². The lowest BCUT2D eigenvalue weighted by molar-refractivity contribution is -0.123. The Bertz CT molecular complexity index is 3340. The zero-order valence-corrected chi connectivity index (χ0v) is 65.9. The molecule has 1 N–H and O–H groups in total. The number of carbonyl (C=O) groups excluding carboxylic acids is 7. The average molecular weight is 1670 g/mol. The molecule has 6 aliphatic heterocycles. The highest BCUT2D eigenvalue weighted by atomic mass is 127. The van der Waals surface area contributed by atoms with Crippen molar-refractivity contribution in [1.82, 2.24) is 14.7 Å². The minimum atomic E-state index is -3.06. The second-order valence-electron chi connectivity index (χ2n) is 22.9. The molecule has 100 heavy (non-hydrogen) atoms. The van der Waals surface area contributed by atoms with E-state index in [0.29, 0.717) is 49.4 Å². The van der Waals surface area contributed by atoms with Gasteiger partial charge in [0.05, 0.1) is 69.6 Å². The second-order valence-corrected chi connectivity index (χ2v) is 28.0. The molecule has 3 amide bonds. The minimum Gasteiger partial charge on any atom is -0.478 e. The maximum atomic E-state index is 12.1. The molecule has 6 heterocycles. The van der Waals surface area contributed by atoms with Crippen molar-refractivity contribution < 1.29 is 99.1 Å². The van der Waals surface area contributed by atoms with Gasteiger partial charge in [0.2, 0.25) is 0 Å². The molecule has 6 unspecified atom stereocenters. The molecule has 4 aromatic carbocycles. The van der Waals surface area contributed by atoms with Gasteiger partial charge in [0.25, 0.3) is 0 Å². The highest BCUT2D eigenvalue weighted by Gasteiger charge is 2.45. The third-order valence-electron chi connectivity index (χ3n) is 16.9. The topological polar surface area (TPSA) is 285 Å². The molecule has 6 saturated heterocycles. The Morgan fingerprint density at radius 2 is 0.820 bits per heavy atom. The summed E-state index contributed by atoms with van der Waals surface area (Å²) in [5, 5.41) is 9.79. The summed E-state index contributed by atoms with van der Waals surface area (Å²) >= 11 is 9.15. The van der Waals surface area contributed by atoms with E-state index in [-0.39, 0.29) is 84.0 Å². The number of amides is 3. The highest BCUT2D eigenvalue weighted by molar-refractivity contribution is 14.1. The number of methoxy groups -OCH3 is 3.